The zero-order valence-corrected chi connectivity index (χ0v) is 10.2. The number of nitrogen functional groups attached to an aromatic ring is 1. The third kappa shape index (κ3) is 1.38. The van der Waals surface area contributed by atoms with Crippen LogP contribution in [0.2, 0.25) is 0 Å². The molecule has 0 unspecified atom stereocenters. The minimum absolute atomic E-state index is 0.795. The molecule has 0 aromatic heterocycles. The maximum absolute atomic E-state index is 5.82. The first kappa shape index (κ1) is 9.67. The summed E-state index contributed by atoms with van der Waals surface area (Å²) >= 11 is 3.60. The van der Waals surface area contributed by atoms with E-state index in [2.05, 4.69) is 52.3 Å². The van der Waals surface area contributed by atoms with Gasteiger partial charge < -0.3 is 5.73 Å². The standard InChI is InChI=1S/C14H10BrN/c15-14-7-9-3-1-2-4-11(9)12-6-5-10(16)8-13(12)14/h1-8H,16H2. The van der Waals surface area contributed by atoms with E-state index in [1.807, 2.05) is 12.1 Å². The predicted octanol–water partition coefficient (Wildman–Crippen LogP) is 4.34. The summed E-state index contributed by atoms with van der Waals surface area (Å²) in [6.07, 6.45) is 0. The number of anilines is 1. The molecule has 2 N–H and O–H groups in total. The van der Waals surface area contributed by atoms with Crippen LogP contribution in [0.15, 0.2) is 53.0 Å². The van der Waals surface area contributed by atoms with E-state index in [1.165, 1.54) is 21.5 Å². The fourth-order valence-electron chi connectivity index (χ4n) is 2.08. The Balaban J connectivity index is 2.59. The second-order valence-corrected chi connectivity index (χ2v) is 4.74. The predicted molar refractivity (Wildman–Crippen MR) is 73.6 cm³/mol. The lowest BCUT2D eigenvalue weighted by Gasteiger charge is -2.07. The monoisotopic (exact) mass is 271 g/mol. The van der Waals surface area contributed by atoms with Crippen LogP contribution in [-0.4, -0.2) is 0 Å². The molecule has 0 fully saturated rings. The molecule has 0 bridgehead atoms. The lowest BCUT2D eigenvalue weighted by atomic mass is 10.0. The van der Waals surface area contributed by atoms with E-state index < -0.39 is 0 Å². The van der Waals surface area contributed by atoms with Crippen LogP contribution < -0.4 is 5.73 Å². The first-order valence-corrected chi connectivity index (χ1v) is 5.91. The molecule has 0 amide bonds. The van der Waals surface area contributed by atoms with Gasteiger partial charge in [-0.3, -0.25) is 0 Å². The molecule has 16 heavy (non-hydrogen) atoms. The van der Waals surface area contributed by atoms with Crippen molar-refractivity contribution >= 4 is 43.2 Å². The second kappa shape index (κ2) is 3.49. The summed E-state index contributed by atoms with van der Waals surface area (Å²) in [5, 5.41) is 4.91. The zero-order chi connectivity index (χ0) is 11.1. The average Bonchev–Trinajstić information content (AvgIpc) is 2.29. The van der Waals surface area contributed by atoms with E-state index >= 15 is 0 Å². The highest BCUT2D eigenvalue weighted by molar-refractivity contribution is 9.10. The first-order valence-electron chi connectivity index (χ1n) is 5.12. The van der Waals surface area contributed by atoms with Crippen LogP contribution >= 0.6 is 15.9 Å². The van der Waals surface area contributed by atoms with Gasteiger partial charge in [-0.2, -0.15) is 0 Å². The van der Waals surface area contributed by atoms with Crippen molar-refractivity contribution in [1.82, 2.24) is 0 Å². The fraction of sp³-hybridized carbons (Fsp3) is 0. The van der Waals surface area contributed by atoms with E-state index in [4.69, 9.17) is 5.73 Å². The van der Waals surface area contributed by atoms with Gasteiger partial charge in [0.2, 0.25) is 0 Å². The Morgan fingerprint density at radius 1 is 0.812 bits per heavy atom. The van der Waals surface area contributed by atoms with Gasteiger partial charge in [-0.05, 0) is 39.7 Å². The molecule has 0 atom stereocenters. The van der Waals surface area contributed by atoms with Crippen molar-refractivity contribution < 1.29 is 0 Å². The first-order chi connectivity index (χ1) is 7.75. The van der Waals surface area contributed by atoms with Gasteiger partial charge >= 0.3 is 0 Å². The lowest BCUT2D eigenvalue weighted by Crippen LogP contribution is -1.85. The van der Waals surface area contributed by atoms with E-state index in [0.717, 1.165) is 10.2 Å². The molecule has 1 nitrogen and oxygen atoms in total. The zero-order valence-electron chi connectivity index (χ0n) is 8.57. The van der Waals surface area contributed by atoms with Gasteiger partial charge in [0.25, 0.3) is 0 Å². The molecule has 2 heteroatoms. The number of fused-ring (bicyclic) bond motifs is 3. The van der Waals surface area contributed by atoms with Gasteiger partial charge in [0, 0.05) is 10.2 Å². The quantitative estimate of drug-likeness (QED) is 0.478. The highest BCUT2D eigenvalue weighted by Crippen LogP contribution is 2.32. The molecule has 0 spiro atoms. The third-order valence-corrected chi connectivity index (χ3v) is 3.49. The molecule has 3 aromatic carbocycles. The minimum atomic E-state index is 0.795. The van der Waals surface area contributed by atoms with Crippen LogP contribution in [0, 0.1) is 0 Å². The fourth-order valence-corrected chi connectivity index (χ4v) is 2.65. The topological polar surface area (TPSA) is 26.0 Å². The average molecular weight is 272 g/mol. The van der Waals surface area contributed by atoms with E-state index in [0.29, 0.717) is 0 Å². The van der Waals surface area contributed by atoms with Crippen molar-refractivity contribution in [2.24, 2.45) is 0 Å². The van der Waals surface area contributed by atoms with Crippen LogP contribution in [0.1, 0.15) is 0 Å². The molecule has 0 radical (unpaired) electrons. The Bertz CT molecular complexity index is 689. The van der Waals surface area contributed by atoms with Crippen molar-refractivity contribution in [1.29, 1.82) is 0 Å². The number of nitrogens with two attached hydrogens (primary N) is 1. The SMILES string of the molecule is Nc1ccc2c(c1)c(Br)cc1ccccc12. The molecular weight excluding hydrogens is 262 g/mol. The Hall–Kier alpha value is -1.54. The molecule has 0 aliphatic rings. The van der Waals surface area contributed by atoms with Gasteiger partial charge in [-0.1, -0.05) is 46.3 Å². The van der Waals surface area contributed by atoms with E-state index in [-0.39, 0.29) is 0 Å². The molecule has 0 heterocycles. The van der Waals surface area contributed by atoms with Crippen molar-refractivity contribution in [3.8, 4) is 0 Å². The number of benzene rings is 3. The Morgan fingerprint density at radius 2 is 1.62 bits per heavy atom. The lowest BCUT2D eigenvalue weighted by molar-refractivity contribution is 1.72. The summed E-state index contributed by atoms with van der Waals surface area (Å²) in [6, 6.07) is 16.5. The van der Waals surface area contributed by atoms with E-state index in [1.54, 1.807) is 0 Å². The summed E-state index contributed by atoms with van der Waals surface area (Å²) in [6.45, 7) is 0. The van der Waals surface area contributed by atoms with Crippen molar-refractivity contribution in [2.75, 3.05) is 5.73 Å². The molecule has 78 valence electrons. The Kier molecular flexibility index (Phi) is 2.11. The maximum Gasteiger partial charge on any atom is 0.0320 e. The van der Waals surface area contributed by atoms with Crippen LogP contribution in [0.5, 0.6) is 0 Å². The largest absolute Gasteiger partial charge is 0.399 e. The van der Waals surface area contributed by atoms with E-state index in [9.17, 15) is 0 Å². The molecule has 0 aliphatic carbocycles. The summed E-state index contributed by atoms with van der Waals surface area (Å²) in [5.74, 6) is 0. The summed E-state index contributed by atoms with van der Waals surface area (Å²) in [5.41, 5.74) is 6.61. The molecule has 0 saturated heterocycles. The molecule has 0 saturated carbocycles. The highest BCUT2D eigenvalue weighted by atomic mass is 79.9. The van der Waals surface area contributed by atoms with Crippen LogP contribution in [-0.2, 0) is 0 Å². The molecule has 0 aliphatic heterocycles. The van der Waals surface area contributed by atoms with Crippen LogP contribution in [0.3, 0.4) is 0 Å². The highest BCUT2D eigenvalue weighted by Gasteiger charge is 2.04. The Morgan fingerprint density at radius 3 is 2.50 bits per heavy atom. The van der Waals surface area contributed by atoms with Crippen molar-refractivity contribution in [3.63, 3.8) is 0 Å². The summed E-state index contributed by atoms with van der Waals surface area (Å²) in [4.78, 5) is 0. The number of hydrogen-bond donors (Lipinski definition) is 1. The number of hydrogen-bond acceptors (Lipinski definition) is 1. The summed E-state index contributed by atoms with van der Waals surface area (Å²) in [7, 11) is 0. The van der Waals surface area contributed by atoms with Gasteiger partial charge in [0.05, 0.1) is 0 Å². The third-order valence-electron chi connectivity index (χ3n) is 2.83. The Labute approximate surface area is 102 Å². The van der Waals surface area contributed by atoms with Gasteiger partial charge in [0.15, 0.2) is 0 Å². The van der Waals surface area contributed by atoms with Crippen molar-refractivity contribution in [2.45, 2.75) is 0 Å². The smallest absolute Gasteiger partial charge is 0.0320 e. The molecule has 3 rings (SSSR count). The van der Waals surface area contributed by atoms with Gasteiger partial charge in [0.1, 0.15) is 0 Å². The van der Waals surface area contributed by atoms with Gasteiger partial charge in [-0.25, -0.2) is 0 Å². The summed E-state index contributed by atoms with van der Waals surface area (Å²) < 4.78 is 1.09. The minimum Gasteiger partial charge on any atom is -0.399 e. The second-order valence-electron chi connectivity index (χ2n) is 3.88. The molecular formula is C14H10BrN. The maximum atomic E-state index is 5.82. The normalized spacial score (nSPS) is 11.1. The van der Waals surface area contributed by atoms with Crippen LogP contribution in [0.4, 0.5) is 5.69 Å². The molecule has 3 aromatic rings. The number of rotatable bonds is 0. The van der Waals surface area contributed by atoms with Gasteiger partial charge in [-0.15, -0.1) is 0 Å². The van der Waals surface area contributed by atoms with Crippen LogP contribution in [0.25, 0.3) is 21.5 Å². The number of halogens is 1. The van der Waals surface area contributed by atoms with Crippen molar-refractivity contribution in [3.05, 3.63) is 53.0 Å².